The van der Waals surface area contributed by atoms with Crippen molar-refractivity contribution in [2.24, 2.45) is 0 Å². The van der Waals surface area contributed by atoms with Crippen LogP contribution >= 0.6 is 0 Å². The molecular weight excluding hydrogens is 328 g/mol. The van der Waals surface area contributed by atoms with Gasteiger partial charge in [-0.05, 0) is 48.5 Å². The van der Waals surface area contributed by atoms with Gasteiger partial charge >= 0.3 is 0 Å². The number of carbonyl (C=O) groups excluding carboxylic acids is 1. The van der Waals surface area contributed by atoms with E-state index >= 15 is 0 Å². The van der Waals surface area contributed by atoms with Crippen molar-refractivity contribution in [2.45, 2.75) is 0 Å². The number of ether oxygens (including phenoxy) is 2. The van der Waals surface area contributed by atoms with Gasteiger partial charge in [-0.1, -0.05) is 18.2 Å². The van der Waals surface area contributed by atoms with E-state index in [1.54, 1.807) is 25.4 Å². The Morgan fingerprint density at radius 2 is 1.77 bits per heavy atom. The number of nitrogens with zero attached hydrogens (tertiary/aromatic N) is 1. The van der Waals surface area contributed by atoms with Gasteiger partial charge in [0.2, 0.25) is 0 Å². The first-order valence-electron chi connectivity index (χ1n) is 8.33. The Bertz CT molecular complexity index is 849. The highest BCUT2D eigenvalue weighted by atomic mass is 16.5. The third-order valence-electron chi connectivity index (χ3n) is 3.81. The van der Waals surface area contributed by atoms with E-state index in [4.69, 9.17) is 9.47 Å². The van der Waals surface area contributed by atoms with Crippen molar-refractivity contribution in [3.05, 3.63) is 78.5 Å². The van der Waals surface area contributed by atoms with Crippen LogP contribution in [0.15, 0.2) is 72.9 Å². The van der Waals surface area contributed by atoms with Crippen LogP contribution in [-0.2, 0) is 0 Å². The lowest BCUT2D eigenvalue weighted by atomic mass is 10.1. The molecular formula is C21H20N2O3. The van der Waals surface area contributed by atoms with Gasteiger partial charge in [-0.25, -0.2) is 0 Å². The number of para-hydroxylation sites is 1. The van der Waals surface area contributed by atoms with Gasteiger partial charge < -0.3 is 14.8 Å². The molecule has 0 aliphatic carbocycles. The zero-order valence-electron chi connectivity index (χ0n) is 14.5. The molecule has 0 aliphatic heterocycles. The number of amides is 1. The number of aromatic nitrogens is 1. The Morgan fingerprint density at radius 1 is 1.00 bits per heavy atom. The lowest BCUT2D eigenvalue weighted by Gasteiger charge is -2.09. The Morgan fingerprint density at radius 3 is 2.50 bits per heavy atom. The molecule has 3 aromatic rings. The molecule has 2 aromatic carbocycles. The average molecular weight is 348 g/mol. The van der Waals surface area contributed by atoms with Crippen LogP contribution in [0.1, 0.15) is 10.4 Å². The van der Waals surface area contributed by atoms with E-state index < -0.39 is 0 Å². The van der Waals surface area contributed by atoms with Gasteiger partial charge in [-0.3, -0.25) is 9.78 Å². The number of methoxy groups -OCH3 is 1. The molecule has 1 N–H and O–H groups in total. The van der Waals surface area contributed by atoms with Crippen LogP contribution in [0.4, 0.5) is 0 Å². The molecule has 1 amide bonds. The van der Waals surface area contributed by atoms with Crippen molar-refractivity contribution in [3.63, 3.8) is 0 Å². The number of carbonyl (C=O) groups is 1. The second-order valence-electron chi connectivity index (χ2n) is 5.58. The summed E-state index contributed by atoms with van der Waals surface area (Å²) in [6, 6.07) is 20.5. The van der Waals surface area contributed by atoms with E-state index in [-0.39, 0.29) is 5.91 Å². The summed E-state index contributed by atoms with van der Waals surface area (Å²) in [6.45, 7) is 0.833. The summed E-state index contributed by atoms with van der Waals surface area (Å²) in [7, 11) is 1.62. The van der Waals surface area contributed by atoms with Gasteiger partial charge in [0.1, 0.15) is 18.1 Å². The molecule has 5 nitrogen and oxygen atoms in total. The normalized spacial score (nSPS) is 10.2. The Labute approximate surface area is 152 Å². The molecule has 132 valence electrons. The van der Waals surface area contributed by atoms with E-state index in [1.807, 2.05) is 54.6 Å². The van der Waals surface area contributed by atoms with Gasteiger partial charge in [-0.15, -0.1) is 0 Å². The molecule has 1 heterocycles. The van der Waals surface area contributed by atoms with Gasteiger partial charge in [0.15, 0.2) is 0 Å². The van der Waals surface area contributed by atoms with Gasteiger partial charge in [-0.2, -0.15) is 0 Å². The SMILES string of the molecule is COc1ccc(-c2cc(C(=O)NCCOc3ccccc3)ccn2)cc1. The summed E-state index contributed by atoms with van der Waals surface area (Å²) in [6.07, 6.45) is 1.63. The summed E-state index contributed by atoms with van der Waals surface area (Å²) in [5.41, 5.74) is 2.22. The molecule has 0 aliphatic rings. The first kappa shape index (κ1) is 17.5. The molecule has 26 heavy (non-hydrogen) atoms. The summed E-state index contributed by atoms with van der Waals surface area (Å²) in [5, 5.41) is 2.85. The predicted molar refractivity (Wildman–Crippen MR) is 100 cm³/mol. The van der Waals surface area contributed by atoms with E-state index in [0.717, 1.165) is 22.8 Å². The maximum atomic E-state index is 12.3. The number of hydrogen-bond acceptors (Lipinski definition) is 4. The lowest BCUT2D eigenvalue weighted by molar-refractivity contribution is 0.0947. The monoisotopic (exact) mass is 348 g/mol. The standard InChI is InChI=1S/C21H20N2O3/c1-25-18-9-7-16(8-10-18)20-15-17(11-12-22-20)21(24)23-13-14-26-19-5-3-2-4-6-19/h2-12,15H,13-14H2,1H3,(H,23,24). The highest BCUT2D eigenvalue weighted by molar-refractivity contribution is 5.95. The molecule has 0 bridgehead atoms. The Hall–Kier alpha value is -3.34. The molecule has 0 fully saturated rings. The van der Waals surface area contributed by atoms with Crippen molar-refractivity contribution >= 4 is 5.91 Å². The summed E-state index contributed by atoms with van der Waals surface area (Å²) >= 11 is 0. The molecule has 1 aromatic heterocycles. The van der Waals surface area contributed by atoms with Crippen molar-refractivity contribution in [1.29, 1.82) is 0 Å². The number of rotatable bonds is 7. The fourth-order valence-corrected chi connectivity index (χ4v) is 2.44. The molecule has 0 saturated heterocycles. The summed E-state index contributed by atoms with van der Waals surface area (Å²) in [4.78, 5) is 16.7. The third-order valence-corrected chi connectivity index (χ3v) is 3.81. The molecule has 0 saturated carbocycles. The van der Waals surface area contributed by atoms with Crippen LogP contribution in [0.25, 0.3) is 11.3 Å². The van der Waals surface area contributed by atoms with Gasteiger partial charge in [0.05, 0.1) is 19.3 Å². The quantitative estimate of drug-likeness (QED) is 0.663. The largest absolute Gasteiger partial charge is 0.497 e. The van der Waals surface area contributed by atoms with Crippen molar-refractivity contribution in [3.8, 4) is 22.8 Å². The van der Waals surface area contributed by atoms with Crippen LogP contribution in [-0.4, -0.2) is 31.2 Å². The number of nitrogens with one attached hydrogen (secondary N) is 1. The highest BCUT2D eigenvalue weighted by Gasteiger charge is 2.08. The first-order chi connectivity index (χ1) is 12.8. The minimum Gasteiger partial charge on any atom is -0.497 e. The Balaban J connectivity index is 1.57. The number of benzene rings is 2. The molecule has 0 spiro atoms. The maximum Gasteiger partial charge on any atom is 0.251 e. The molecule has 0 radical (unpaired) electrons. The van der Waals surface area contributed by atoms with Crippen LogP contribution in [0.5, 0.6) is 11.5 Å². The fourth-order valence-electron chi connectivity index (χ4n) is 2.44. The lowest BCUT2D eigenvalue weighted by Crippen LogP contribution is -2.28. The maximum absolute atomic E-state index is 12.3. The molecule has 3 rings (SSSR count). The van der Waals surface area contributed by atoms with Crippen LogP contribution in [0.3, 0.4) is 0 Å². The van der Waals surface area contributed by atoms with Gasteiger partial charge in [0, 0.05) is 17.3 Å². The van der Waals surface area contributed by atoms with Crippen molar-refractivity contribution in [1.82, 2.24) is 10.3 Å². The zero-order valence-corrected chi connectivity index (χ0v) is 14.5. The topological polar surface area (TPSA) is 60.5 Å². The van der Waals surface area contributed by atoms with Crippen LogP contribution < -0.4 is 14.8 Å². The predicted octanol–water partition coefficient (Wildman–Crippen LogP) is 3.57. The fraction of sp³-hybridized carbons (Fsp3) is 0.143. The zero-order chi connectivity index (χ0) is 18.2. The Kier molecular flexibility index (Phi) is 5.83. The van der Waals surface area contributed by atoms with E-state index in [9.17, 15) is 4.79 Å². The van der Waals surface area contributed by atoms with Crippen molar-refractivity contribution < 1.29 is 14.3 Å². The van der Waals surface area contributed by atoms with Crippen molar-refractivity contribution in [2.75, 3.05) is 20.3 Å². The van der Waals surface area contributed by atoms with Crippen LogP contribution in [0.2, 0.25) is 0 Å². The number of hydrogen-bond donors (Lipinski definition) is 1. The summed E-state index contributed by atoms with van der Waals surface area (Å²) < 4.78 is 10.7. The first-order valence-corrected chi connectivity index (χ1v) is 8.33. The van der Waals surface area contributed by atoms with E-state index in [1.165, 1.54) is 0 Å². The van der Waals surface area contributed by atoms with Crippen LogP contribution in [0, 0.1) is 0 Å². The third kappa shape index (κ3) is 4.60. The average Bonchev–Trinajstić information content (AvgIpc) is 2.72. The molecule has 0 atom stereocenters. The second-order valence-corrected chi connectivity index (χ2v) is 5.58. The smallest absolute Gasteiger partial charge is 0.251 e. The molecule has 5 heteroatoms. The van der Waals surface area contributed by atoms with Gasteiger partial charge in [0.25, 0.3) is 5.91 Å². The van der Waals surface area contributed by atoms with E-state index in [2.05, 4.69) is 10.3 Å². The second kappa shape index (κ2) is 8.67. The minimum atomic E-state index is -0.154. The van der Waals surface area contributed by atoms with E-state index in [0.29, 0.717) is 18.7 Å². The number of pyridine rings is 1. The molecule has 0 unspecified atom stereocenters. The minimum absolute atomic E-state index is 0.154. The highest BCUT2D eigenvalue weighted by Crippen LogP contribution is 2.21. The summed E-state index contributed by atoms with van der Waals surface area (Å²) in [5.74, 6) is 1.41.